The predicted octanol–water partition coefficient (Wildman–Crippen LogP) is 0.651. The van der Waals surface area contributed by atoms with Crippen LogP contribution in [0, 0.1) is 0 Å². The van der Waals surface area contributed by atoms with Gasteiger partial charge in [-0.25, -0.2) is 0 Å². The Bertz CT molecular complexity index is 56.7. The summed E-state index contributed by atoms with van der Waals surface area (Å²) in [5.41, 5.74) is 0. The van der Waals surface area contributed by atoms with Gasteiger partial charge in [0.25, 0.3) is 0 Å². The lowest BCUT2D eigenvalue weighted by Gasteiger charge is -1.69. The maximum atomic E-state index is 4.11. The van der Waals surface area contributed by atoms with Crippen molar-refractivity contribution in [2.24, 2.45) is 5.16 Å². The summed E-state index contributed by atoms with van der Waals surface area (Å²) in [5, 5.41) is 5.04. The Balaban J connectivity index is 2.93. The van der Waals surface area contributed by atoms with Crippen LogP contribution >= 0.6 is 12.2 Å². The zero-order chi connectivity index (χ0) is 4.12. The topological polar surface area (TPSA) is 21.6 Å². The van der Waals surface area contributed by atoms with Gasteiger partial charge in [0.1, 0.15) is 12.3 Å². The summed E-state index contributed by atoms with van der Waals surface area (Å²) in [6, 6.07) is 0. The van der Waals surface area contributed by atoms with Crippen LogP contribution in [0.3, 0.4) is 0 Å². The van der Waals surface area contributed by atoms with E-state index in [0.717, 1.165) is 0 Å². The molecule has 0 atom stereocenters. The number of rotatable bonds is 1. The van der Waals surface area contributed by atoms with Crippen molar-refractivity contribution in [3.05, 3.63) is 0 Å². The lowest BCUT2D eigenvalue weighted by atomic mass is 11.7. The molecule has 0 aromatic rings. The largest absolute Gasteiger partial charge is 0.391 e. The lowest BCUT2D eigenvalue weighted by Crippen LogP contribution is -1.57. The molecule has 0 heterocycles. The van der Waals surface area contributed by atoms with Crippen LogP contribution in [0.5, 0.6) is 0 Å². The van der Waals surface area contributed by atoms with Crippen LogP contribution in [0.2, 0.25) is 0 Å². The molecule has 2 nitrogen and oxygen atoms in total. The average Bonchev–Trinajstić information content (AvgIpc) is 1.41. The third kappa shape index (κ3) is 3.60. The maximum absolute atomic E-state index is 4.11. The minimum Gasteiger partial charge on any atom is -0.391 e. The van der Waals surface area contributed by atoms with E-state index >= 15 is 0 Å². The Morgan fingerprint density at radius 3 is 2.60 bits per heavy atom. The van der Waals surface area contributed by atoms with Crippen LogP contribution in [0.4, 0.5) is 0 Å². The summed E-state index contributed by atoms with van der Waals surface area (Å²) < 4.78 is 0. The monoisotopic (exact) mass is 89.0 g/mol. The number of nitrogens with zero attached hydrogens (tertiary/aromatic N) is 1. The third-order valence-corrected chi connectivity index (χ3v) is 0.203. The van der Waals surface area contributed by atoms with Crippen LogP contribution in [0.25, 0.3) is 0 Å². The lowest BCUT2D eigenvalue weighted by molar-refractivity contribution is 0.216. The standard InChI is InChI=1S/C2H3NOS/c1-4-3-2-5/h1H3. The molecular formula is C2H3NOS. The first-order valence-electron chi connectivity index (χ1n) is 1.02. The van der Waals surface area contributed by atoms with Gasteiger partial charge < -0.3 is 4.84 Å². The zero-order valence-electron chi connectivity index (χ0n) is 2.76. The normalized spacial score (nSPS) is 5.00. The molecular weight excluding hydrogens is 86.1 g/mol. The van der Waals surface area contributed by atoms with Crippen LogP contribution < -0.4 is 0 Å². The van der Waals surface area contributed by atoms with Gasteiger partial charge in [0.15, 0.2) is 0 Å². The summed E-state index contributed by atoms with van der Waals surface area (Å²) in [6.07, 6.45) is 0. The summed E-state index contributed by atoms with van der Waals surface area (Å²) in [7, 11) is 1.42. The van der Waals surface area contributed by atoms with Crippen molar-refractivity contribution < 1.29 is 4.84 Å². The minimum absolute atomic E-state index is 1.42. The molecule has 0 amide bonds. The minimum atomic E-state index is 1.42. The third-order valence-electron chi connectivity index (χ3n) is 0.129. The molecule has 0 saturated carbocycles. The molecule has 0 aliphatic carbocycles. The van der Waals surface area contributed by atoms with Gasteiger partial charge in [-0.3, -0.25) is 0 Å². The maximum Gasteiger partial charge on any atom is 0.107 e. The van der Waals surface area contributed by atoms with Crippen molar-refractivity contribution in [2.75, 3.05) is 7.11 Å². The second kappa shape index (κ2) is 3.60. The molecule has 0 radical (unpaired) electrons. The van der Waals surface area contributed by atoms with Gasteiger partial charge in [0, 0.05) is 0 Å². The van der Waals surface area contributed by atoms with E-state index in [2.05, 4.69) is 22.2 Å². The summed E-state index contributed by atoms with van der Waals surface area (Å²) in [4.78, 5) is 4.10. The van der Waals surface area contributed by atoms with Gasteiger partial charge in [-0.05, 0) is 17.4 Å². The van der Waals surface area contributed by atoms with E-state index in [1.54, 1.807) is 0 Å². The molecule has 0 aliphatic rings. The van der Waals surface area contributed by atoms with E-state index in [-0.39, 0.29) is 0 Å². The van der Waals surface area contributed by atoms with Crippen molar-refractivity contribution in [3.8, 4) is 0 Å². The molecule has 0 rings (SSSR count). The van der Waals surface area contributed by atoms with Crippen LogP contribution in [0.1, 0.15) is 0 Å². The molecule has 0 aromatic carbocycles. The molecule has 0 spiro atoms. The Morgan fingerprint density at radius 2 is 2.60 bits per heavy atom. The fourth-order valence-corrected chi connectivity index (χ4v) is 0.112. The summed E-state index contributed by atoms with van der Waals surface area (Å²) in [5.74, 6) is 0. The van der Waals surface area contributed by atoms with Gasteiger partial charge in [-0.1, -0.05) is 0 Å². The molecule has 0 bridgehead atoms. The van der Waals surface area contributed by atoms with Gasteiger partial charge in [-0.15, -0.1) is 0 Å². The van der Waals surface area contributed by atoms with E-state index in [1.807, 2.05) is 5.16 Å². The van der Waals surface area contributed by atoms with E-state index < -0.39 is 0 Å². The fraction of sp³-hybridized carbons (Fsp3) is 0.500. The molecule has 28 valence electrons. The summed E-state index contributed by atoms with van der Waals surface area (Å²) in [6.45, 7) is 0. The van der Waals surface area contributed by atoms with Crippen LogP contribution in [-0.2, 0) is 4.84 Å². The quantitative estimate of drug-likeness (QED) is 0.267. The molecule has 0 aromatic heterocycles. The first kappa shape index (κ1) is 4.60. The Kier molecular flexibility index (Phi) is 3.31. The van der Waals surface area contributed by atoms with Gasteiger partial charge >= 0.3 is 0 Å². The van der Waals surface area contributed by atoms with E-state index in [0.29, 0.717) is 0 Å². The predicted molar refractivity (Wildman–Crippen MR) is 22.0 cm³/mol. The zero-order valence-corrected chi connectivity index (χ0v) is 3.58. The van der Waals surface area contributed by atoms with Gasteiger partial charge in [0.2, 0.25) is 0 Å². The molecule has 0 N–H and O–H groups in total. The van der Waals surface area contributed by atoms with Crippen molar-refractivity contribution in [1.29, 1.82) is 0 Å². The molecule has 0 fully saturated rings. The first-order chi connectivity index (χ1) is 2.41. The highest BCUT2D eigenvalue weighted by molar-refractivity contribution is 7.78. The van der Waals surface area contributed by atoms with E-state index in [4.69, 9.17) is 0 Å². The smallest absolute Gasteiger partial charge is 0.107 e. The second-order valence-corrected chi connectivity index (χ2v) is 0.548. The number of hydrogen-bond donors (Lipinski definition) is 0. The Morgan fingerprint density at radius 1 is 2.00 bits per heavy atom. The van der Waals surface area contributed by atoms with Crippen molar-refractivity contribution in [1.82, 2.24) is 0 Å². The average molecular weight is 89.1 g/mol. The van der Waals surface area contributed by atoms with Crippen molar-refractivity contribution in [2.45, 2.75) is 0 Å². The number of isothiocyanates is 1. The number of thiocarbonyl (C=S) groups is 1. The highest BCUT2D eigenvalue weighted by Crippen LogP contribution is 1.54. The summed E-state index contributed by atoms with van der Waals surface area (Å²) >= 11 is 4.11. The highest BCUT2D eigenvalue weighted by atomic mass is 32.1. The van der Waals surface area contributed by atoms with Gasteiger partial charge in [0.05, 0.1) is 0 Å². The molecule has 3 heteroatoms. The molecule has 5 heavy (non-hydrogen) atoms. The van der Waals surface area contributed by atoms with Crippen LogP contribution in [-0.4, -0.2) is 12.3 Å². The molecule has 0 aliphatic heterocycles. The molecule has 0 saturated heterocycles. The number of hydrogen-bond acceptors (Lipinski definition) is 3. The SMILES string of the molecule is CON=C=S. The first-order valence-corrected chi connectivity index (χ1v) is 1.43. The van der Waals surface area contributed by atoms with Gasteiger partial charge in [-0.2, -0.15) is 0 Å². The highest BCUT2D eigenvalue weighted by Gasteiger charge is 1.43. The fourth-order valence-electron chi connectivity index (χ4n) is 0.0373. The Hall–Kier alpha value is -0.400. The Labute approximate surface area is 35.4 Å². The van der Waals surface area contributed by atoms with Crippen LogP contribution in [0.15, 0.2) is 5.16 Å². The van der Waals surface area contributed by atoms with Crippen molar-refractivity contribution in [3.63, 3.8) is 0 Å². The molecule has 0 unspecified atom stereocenters. The van der Waals surface area contributed by atoms with E-state index in [9.17, 15) is 0 Å². The second-order valence-electron chi connectivity index (χ2n) is 0.365. The van der Waals surface area contributed by atoms with Crippen molar-refractivity contribution >= 4 is 17.4 Å². The van der Waals surface area contributed by atoms with E-state index in [1.165, 1.54) is 7.11 Å².